The average molecular weight is 422 g/mol. The zero-order chi connectivity index (χ0) is 21.1. The number of likely N-dealkylation sites (N-methyl/N-ethyl adjacent to an activating group) is 1. The highest BCUT2D eigenvalue weighted by atomic mass is 32.2. The first-order valence-corrected chi connectivity index (χ1v) is 10.7. The molecule has 7 heteroatoms. The maximum absolute atomic E-state index is 10.2. The summed E-state index contributed by atoms with van der Waals surface area (Å²) >= 11 is 1.52. The molecule has 1 aliphatic rings. The van der Waals surface area contributed by atoms with E-state index in [2.05, 4.69) is 18.0 Å². The minimum absolute atomic E-state index is 0.562. The van der Waals surface area contributed by atoms with Crippen molar-refractivity contribution < 1.29 is 13.9 Å². The number of benzene rings is 1. The third-order valence-corrected chi connectivity index (χ3v) is 6.22. The van der Waals surface area contributed by atoms with Crippen LogP contribution >= 0.6 is 11.8 Å². The van der Waals surface area contributed by atoms with E-state index in [1.807, 2.05) is 30.3 Å². The van der Waals surface area contributed by atoms with E-state index in [-0.39, 0.29) is 0 Å². The van der Waals surface area contributed by atoms with E-state index in [1.54, 1.807) is 20.5 Å². The van der Waals surface area contributed by atoms with Gasteiger partial charge in [-0.3, -0.25) is 0 Å². The van der Waals surface area contributed by atoms with Crippen LogP contribution in [0.2, 0.25) is 0 Å². The minimum Gasteiger partial charge on any atom is -0.493 e. The number of thioether (sulfide) groups is 1. The lowest BCUT2D eigenvalue weighted by molar-refractivity contribution is 0.309. The number of hydrogen-bond acceptors (Lipinski definition) is 7. The van der Waals surface area contributed by atoms with Crippen molar-refractivity contribution in [2.75, 3.05) is 27.8 Å². The molecule has 1 aliphatic heterocycles. The molecule has 0 spiro atoms. The molecule has 3 heterocycles. The SMILES string of the molecule is COc1cccc(-c2c(C#N)c(SCc3ccco3)nc3c2CN(C)CC3)c1OC. The zero-order valence-electron chi connectivity index (χ0n) is 17.3. The summed E-state index contributed by atoms with van der Waals surface area (Å²) in [4.78, 5) is 7.15. The second-order valence-electron chi connectivity index (χ2n) is 7.10. The van der Waals surface area contributed by atoms with Crippen LogP contribution in [0.4, 0.5) is 0 Å². The molecule has 6 nitrogen and oxygen atoms in total. The van der Waals surface area contributed by atoms with E-state index in [4.69, 9.17) is 18.9 Å². The smallest absolute Gasteiger partial charge is 0.168 e. The molecule has 0 aliphatic carbocycles. The van der Waals surface area contributed by atoms with Crippen molar-refractivity contribution in [3.63, 3.8) is 0 Å². The number of nitrogens with zero attached hydrogens (tertiary/aromatic N) is 3. The molecular formula is C23H23N3O3S. The summed E-state index contributed by atoms with van der Waals surface area (Å²) in [7, 11) is 5.33. The Morgan fingerprint density at radius 2 is 2.10 bits per heavy atom. The lowest BCUT2D eigenvalue weighted by Crippen LogP contribution is -2.28. The van der Waals surface area contributed by atoms with Gasteiger partial charge in [-0.1, -0.05) is 23.9 Å². The van der Waals surface area contributed by atoms with E-state index in [0.717, 1.165) is 52.7 Å². The molecule has 0 atom stereocenters. The Balaban J connectivity index is 1.92. The molecule has 0 unspecified atom stereocenters. The molecular weight excluding hydrogens is 398 g/mol. The minimum atomic E-state index is 0.562. The van der Waals surface area contributed by atoms with Gasteiger partial charge >= 0.3 is 0 Å². The highest BCUT2D eigenvalue weighted by Crippen LogP contribution is 2.44. The third kappa shape index (κ3) is 3.76. The van der Waals surface area contributed by atoms with Gasteiger partial charge < -0.3 is 18.8 Å². The van der Waals surface area contributed by atoms with Crippen LogP contribution in [0.25, 0.3) is 11.1 Å². The van der Waals surface area contributed by atoms with Gasteiger partial charge in [0.1, 0.15) is 16.9 Å². The van der Waals surface area contributed by atoms with Crippen LogP contribution in [0.1, 0.15) is 22.6 Å². The Bertz CT molecular complexity index is 1090. The predicted octanol–water partition coefficient (Wildman–Crippen LogP) is 4.51. The molecule has 1 aromatic carbocycles. The average Bonchev–Trinajstić information content (AvgIpc) is 3.29. The largest absolute Gasteiger partial charge is 0.493 e. The van der Waals surface area contributed by atoms with Crippen molar-refractivity contribution in [2.45, 2.75) is 23.7 Å². The normalized spacial score (nSPS) is 13.5. The second kappa shape index (κ2) is 8.82. The molecule has 0 N–H and O–H groups in total. The number of ether oxygens (including phenoxy) is 2. The maximum atomic E-state index is 10.2. The maximum Gasteiger partial charge on any atom is 0.168 e. The van der Waals surface area contributed by atoms with Crippen LogP contribution in [-0.4, -0.2) is 37.7 Å². The van der Waals surface area contributed by atoms with E-state index >= 15 is 0 Å². The van der Waals surface area contributed by atoms with Gasteiger partial charge in [-0.15, -0.1) is 0 Å². The van der Waals surface area contributed by atoms with Gasteiger partial charge in [0, 0.05) is 36.3 Å². The number of nitriles is 1. The van der Waals surface area contributed by atoms with Crippen molar-refractivity contribution in [1.29, 1.82) is 5.26 Å². The van der Waals surface area contributed by atoms with Gasteiger partial charge in [0.05, 0.1) is 31.8 Å². The summed E-state index contributed by atoms with van der Waals surface area (Å²) in [6.45, 7) is 1.67. The summed E-state index contributed by atoms with van der Waals surface area (Å²) in [6.07, 6.45) is 2.49. The first kappa shape index (κ1) is 20.3. The van der Waals surface area contributed by atoms with Crippen LogP contribution in [0.3, 0.4) is 0 Å². The topological polar surface area (TPSA) is 71.5 Å². The Morgan fingerprint density at radius 3 is 2.80 bits per heavy atom. The first-order chi connectivity index (χ1) is 14.7. The van der Waals surface area contributed by atoms with Gasteiger partial charge in [-0.2, -0.15) is 5.26 Å². The predicted molar refractivity (Wildman–Crippen MR) is 116 cm³/mol. The molecule has 2 aromatic heterocycles. The van der Waals surface area contributed by atoms with E-state index in [1.165, 1.54) is 11.8 Å². The van der Waals surface area contributed by atoms with Crippen LogP contribution in [-0.2, 0) is 18.7 Å². The Kier molecular flexibility index (Phi) is 5.98. The highest BCUT2D eigenvalue weighted by molar-refractivity contribution is 7.98. The number of fused-ring (bicyclic) bond motifs is 1. The fourth-order valence-electron chi connectivity index (χ4n) is 3.79. The summed E-state index contributed by atoms with van der Waals surface area (Å²) in [5.74, 6) is 2.73. The van der Waals surface area contributed by atoms with Crippen LogP contribution in [0.5, 0.6) is 11.5 Å². The first-order valence-electron chi connectivity index (χ1n) is 9.67. The number of para-hydroxylation sites is 1. The summed E-state index contributed by atoms with van der Waals surface area (Å²) in [5.41, 5.74) is 4.41. The lowest BCUT2D eigenvalue weighted by Gasteiger charge is -2.28. The Labute approximate surface area is 180 Å². The molecule has 154 valence electrons. The molecule has 0 amide bonds. The van der Waals surface area contributed by atoms with Crippen molar-refractivity contribution in [2.24, 2.45) is 0 Å². The fourth-order valence-corrected chi connectivity index (χ4v) is 4.70. The highest BCUT2D eigenvalue weighted by Gasteiger charge is 2.27. The molecule has 0 bridgehead atoms. The number of aromatic nitrogens is 1. The quantitative estimate of drug-likeness (QED) is 0.542. The molecule has 0 saturated heterocycles. The molecule has 3 aromatic rings. The van der Waals surface area contributed by atoms with E-state index < -0.39 is 0 Å². The van der Waals surface area contributed by atoms with Crippen molar-refractivity contribution in [3.8, 4) is 28.7 Å². The summed E-state index contributed by atoms with van der Waals surface area (Å²) < 4.78 is 16.7. The van der Waals surface area contributed by atoms with Crippen LogP contribution < -0.4 is 9.47 Å². The van der Waals surface area contributed by atoms with Crippen LogP contribution in [0.15, 0.2) is 46.0 Å². The van der Waals surface area contributed by atoms with E-state index in [0.29, 0.717) is 22.8 Å². The molecule has 0 radical (unpaired) electrons. The fraction of sp³-hybridized carbons (Fsp3) is 0.304. The Morgan fingerprint density at radius 1 is 1.23 bits per heavy atom. The molecule has 0 saturated carbocycles. The van der Waals surface area contributed by atoms with Gasteiger partial charge in [-0.25, -0.2) is 4.98 Å². The summed E-state index contributed by atoms with van der Waals surface area (Å²) in [6, 6.07) is 12.0. The van der Waals surface area contributed by atoms with Crippen molar-refractivity contribution in [3.05, 3.63) is 59.2 Å². The number of furan rings is 1. The van der Waals surface area contributed by atoms with Gasteiger partial charge in [0.2, 0.25) is 0 Å². The van der Waals surface area contributed by atoms with Gasteiger partial charge in [-0.05, 0) is 30.8 Å². The summed E-state index contributed by atoms with van der Waals surface area (Å²) in [5, 5.41) is 10.9. The standard InChI is InChI=1S/C23H23N3O3S/c1-26-10-9-19-18(13-26)21(16-7-4-8-20(27-2)22(16)28-3)17(12-24)23(25-19)30-14-15-6-5-11-29-15/h4-8,11H,9-10,13-14H2,1-3H3. The molecule has 30 heavy (non-hydrogen) atoms. The number of rotatable bonds is 6. The number of hydrogen-bond donors (Lipinski definition) is 0. The second-order valence-corrected chi connectivity index (χ2v) is 8.06. The zero-order valence-corrected chi connectivity index (χ0v) is 18.1. The van der Waals surface area contributed by atoms with E-state index in [9.17, 15) is 5.26 Å². The lowest BCUT2D eigenvalue weighted by atomic mass is 9.91. The number of pyridine rings is 1. The molecule has 4 rings (SSSR count). The number of methoxy groups -OCH3 is 2. The third-order valence-electron chi connectivity index (χ3n) is 5.22. The monoisotopic (exact) mass is 421 g/mol. The van der Waals surface area contributed by atoms with Crippen molar-refractivity contribution in [1.82, 2.24) is 9.88 Å². The van der Waals surface area contributed by atoms with Gasteiger partial charge in [0.25, 0.3) is 0 Å². The molecule has 0 fully saturated rings. The van der Waals surface area contributed by atoms with Crippen LogP contribution in [0, 0.1) is 11.3 Å². The Hall–Kier alpha value is -2.95. The van der Waals surface area contributed by atoms with Gasteiger partial charge in [0.15, 0.2) is 11.5 Å². The van der Waals surface area contributed by atoms with Crippen molar-refractivity contribution >= 4 is 11.8 Å².